The molecule has 28 heavy (non-hydrogen) atoms. The maximum atomic E-state index is 12.8. The summed E-state index contributed by atoms with van der Waals surface area (Å²) in [6.07, 6.45) is 8.09. The fourth-order valence-corrected chi connectivity index (χ4v) is 3.74. The molecule has 3 rings (SSSR count). The Morgan fingerprint density at radius 1 is 1.25 bits per heavy atom. The van der Waals surface area contributed by atoms with Crippen molar-refractivity contribution in [3.05, 3.63) is 59.4 Å². The van der Waals surface area contributed by atoms with Crippen molar-refractivity contribution in [2.75, 3.05) is 30.4 Å². The number of rotatable bonds is 4. The molecule has 1 saturated heterocycles. The van der Waals surface area contributed by atoms with Gasteiger partial charge in [-0.25, -0.2) is 4.79 Å². The number of urea groups is 1. The molecule has 1 atom stereocenters. The maximum Gasteiger partial charge on any atom is 0.321 e. The Balaban J connectivity index is 1.71. The average molecular weight is 379 g/mol. The maximum absolute atomic E-state index is 12.8. The number of pyridine rings is 1. The summed E-state index contributed by atoms with van der Waals surface area (Å²) in [4.78, 5) is 21.4. The number of aryl methyl sites for hydroxylation is 2. The van der Waals surface area contributed by atoms with Gasteiger partial charge >= 0.3 is 6.03 Å². The van der Waals surface area contributed by atoms with Gasteiger partial charge in [0.25, 0.3) is 0 Å². The lowest BCUT2D eigenvalue weighted by Crippen LogP contribution is -2.50. The van der Waals surface area contributed by atoms with Gasteiger partial charge in [-0.1, -0.05) is 29.8 Å². The van der Waals surface area contributed by atoms with Crippen molar-refractivity contribution in [3.63, 3.8) is 0 Å². The molecule has 2 heterocycles. The van der Waals surface area contributed by atoms with Gasteiger partial charge in [-0.2, -0.15) is 0 Å². The zero-order valence-electron chi connectivity index (χ0n) is 17.3. The first-order valence-electron chi connectivity index (χ1n) is 9.93. The standard InChI is InChI=1S/C23H30N4O/c1-5-7-21-18(3)24-14-13-22(21)26(4)20-8-6-15-27(16-20)23(28)25-19-11-9-17(2)10-12-19/h5,7,9-14,20H,6,8,15-16H2,1-4H3,(H,25,28)/b7-5-. The first-order valence-corrected chi connectivity index (χ1v) is 9.93. The van der Waals surface area contributed by atoms with E-state index in [4.69, 9.17) is 0 Å². The van der Waals surface area contributed by atoms with Gasteiger partial charge in [-0.15, -0.1) is 0 Å². The quantitative estimate of drug-likeness (QED) is 0.826. The highest BCUT2D eigenvalue weighted by Gasteiger charge is 2.27. The summed E-state index contributed by atoms with van der Waals surface area (Å²) in [5.74, 6) is 0. The number of hydrogen-bond acceptors (Lipinski definition) is 3. The van der Waals surface area contributed by atoms with E-state index in [9.17, 15) is 4.79 Å². The molecule has 2 aromatic rings. The third-order valence-electron chi connectivity index (χ3n) is 5.41. The van der Waals surface area contributed by atoms with E-state index < -0.39 is 0 Å². The van der Waals surface area contributed by atoms with Crippen LogP contribution in [-0.4, -0.2) is 42.1 Å². The number of carbonyl (C=O) groups excluding carboxylic acids is 1. The smallest absolute Gasteiger partial charge is 0.321 e. The Morgan fingerprint density at radius 2 is 2.00 bits per heavy atom. The van der Waals surface area contributed by atoms with Crippen molar-refractivity contribution >= 4 is 23.5 Å². The molecule has 1 fully saturated rings. The number of likely N-dealkylation sites (N-methyl/N-ethyl adjacent to an activating group) is 1. The van der Waals surface area contributed by atoms with Crippen molar-refractivity contribution in [2.45, 2.75) is 39.7 Å². The van der Waals surface area contributed by atoms with Crippen LogP contribution >= 0.6 is 0 Å². The van der Waals surface area contributed by atoms with Crippen molar-refractivity contribution in [1.82, 2.24) is 9.88 Å². The van der Waals surface area contributed by atoms with Gasteiger partial charge in [0.15, 0.2) is 0 Å². The number of nitrogens with zero attached hydrogens (tertiary/aromatic N) is 3. The van der Waals surface area contributed by atoms with Gasteiger partial charge in [-0.05, 0) is 51.8 Å². The molecule has 0 radical (unpaired) electrons. The largest absolute Gasteiger partial charge is 0.369 e. The highest BCUT2D eigenvalue weighted by atomic mass is 16.2. The molecule has 5 nitrogen and oxygen atoms in total. The van der Waals surface area contributed by atoms with E-state index in [0.29, 0.717) is 6.54 Å². The fourth-order valence-electron chi connectivity index (χ4n) is 3.74. The molecule has 0 saturated carbocycles. The van der Waals surface area contributed by atoms with Crippen molar-refractivity contribution in [2.24, 2.45) is 0 Å². The van der Waals surface area contributed by atoms with Gasteiger partial charge in [0.1, 0.15) is 0 Å². The number of likely N-dealkylation sites (tertiary alicyclic amines) is 1. The van der Waals surface area contributed by atoms with Crippen LogP contribution in [0.4, 0.5) is 16.2 Å². The zero-order chi connectivity index (χ0) is 20.1. The molecule has 1 aliphatic heterocycles. The van der Waals surface area contributed by atoms with Gasteiger partial charge in [-0.3, -0.25) is 4.98 Å². The van der Waals surface area contributed by atoms with Gasteiger partial charge in [0.05, 0.1) is 0 Å². The second-order valence-corrected chi connectivity index (χ2v) is 7.48. The Labute approximate surface area is 168 Å². The summed E-state index contributed by atoms with van der Waals surface area (Å²) in [6, 6.07) is 10.2. The molecular weight excluding hydrogens is 348 g/mol. The number of benzene rings is 1. The SMILES string of the molecule is C/C=C\c1c(N(C)C2CCCN(C(=O)Nc3ccc(C)cc3)C2)ccnc1C. The highest BCUT2D eigenvalue weighted by Crippen LogP contribution is 2.27. The molecule has 1 N–H and O–H groups in total. The number of piperidine rings is 1. The van der Waals surface area contributed by atoms with Crippen LogP contribution in [0.25, 0.3) is 6.08 Å². The van der Waals surface area contributed by atoms with Crippen LogP contribution in [0.5, 0.6) is 0 Å². The second-order valence-electron chi connectivity index (χ2n) is 7.48. The van der Waals surface area contributed by atoms with Crippen molar-refractivity contribution in [3.8, 4) is 0 Å². The number of amides is 2. The molecule has 148 valence electrons. The molecule has 0 spiro atoms. The number of hydrogen-bond donors (Lipinski definition) is 1. The lowest BCUT2D eigenvalue weighted by Gasteiger charge is -2.39. The third-order valence-corrected chi connectivity index (χ3v) is 5.41. The van der Waals surface area contributed by atoms with Crippen LogP contribution in [0.3, 0.4) is 0 Å². The van der Waals surface area contributed by atoms with Gasteiger partial charge < -0.3 is 15.1 Å². The minimum Gasteiger partial charge on any atom is -0.369 e. The van der Waals surface area contributed by atoms with Gasteiger partial charge in [0.2, 0.25) is 0 Å². The molecule has 0 bridgehead atoms. The highest BCUT2D eigenvalue weighted by molar-refractivity contribution is 5.89. The van der Waals surface area contributed by atoms with E-state index in [-0.39, 0.29) is 12.1 Å². The van der Waals surface area contributed by atoms with Crippen LogP contribution in [0.1, 0.15) is 36.6 Å². The first-order chi connectivity index (χ1) is 13.5. The lowest BCUT2D eigenvalue weighted by atomic mass is 10.0. The van der Waals surface area contributed by atoms with Crippen LogP contribution in [0.2, 0.25) is 0 Å². The third kappa shape index (κ3) is 4.53. The minimum absolute atomic E-state index is 0.0264. The summed E-state index contributed by atoms with van der Waals surface area (Å²) < 4.78 is 0. The van der Waals surface area contributed by atoms with E-state index in [0.717, 1.165) is 42.0 Å². The minimum atomic E-state index is -0.0264. The van der Waals surface area contributed by atoms with Crippen LogP contribution in [0, 0.1) is 13.8 Å². The van der Waals surface area contributed by atoms with E-state index in [2.05, 4.69) is 34.4 Å². The monoisotopic (exact) mass is 378 g/mol. The van der Waals surface area contributed by atoms with E-state index >= 15 is 0 Å². The normalized spacial score (nSPS) is 17.0. The Bertz CT molecular complexity index is 844. The first kappa shape index (κ1) is 19.9. The summed E-state index contributed by atoms with van der Waals surface area (Å²) in [6.45, 7) is 7.60. The number of allylic oxidation sites excluding steroid dienone is 1. The number of anilines is 2. The van der Waals surface area contributed by atoms with E-state index in [1.165, 1.54) is 5.56 Å². The summed E-state index contributed by atoms with van der Waals surface area (Å²) >= 11 is 0. The fraction of sp³-hybridized carbons (Fsp3) is 0.391. The molecule has 1 aliphatic rings. The molecule has 1 unspecified atom stereocenters. The average Bonchev–Trinajstić information content (AvgIpc) is 2.71. The Hall–Kier alpha value is -2.82. The van der Waals surface area contributed by atoms with Crippen LogP contribution in [-0.2, 0) is 0 Å². The summed E-state index contributed by atoms with van der Waals surface area (Å²) in [5.41, 5.74) is 5.35. The lowest BCUT2D eigenvalue weighted by molar-refractivity contribution is 0.192. The number of aromatic nitrogens is 1. The van der Waals surface area contributed by atoms with Crippen LogP contribution in [0.15, 0.2) is 42.6 Å². The zero-order valence-corrected chi connectivity index (χ0v) is 17.3. The van der Waals surface area contributed by atoms with E-state index in [1.807, 2.05) is 62.2 Å². The Morgan fingerprint density at radius 3 is 2.71 bits per heavy atom. The number of carbonyl (C=O) groups is 1. The molecule has 1 aromatic heterocycles. The van der Waals surface area contributed by atoms with Crippen molar-refractivity contribution < 1.29 is 4.79 Å². The Kier molecular flexibility index (Phi) is 6.34. The molecule has 5 heteroatoms. The van der Waals surface area contributed by atoms with Gasteiger partial charge in [0, 0.05) is 55.0 Å². The number of nitrogens with one attached hydrogen (secondary N) is 1. The predicted molar refractivity (Wildman–Crippen MR) is 117 cm³/mol. The molecule has 1 aromatic carbocycles. The summed E-state index contributed by atoms with van der Waals surface area (Å²) in [7, 11) is 2.12. The predicted octanol–water partition coefficient (Wildman–Crippen LogP) is 4.86. The summed E-state index contributed by atoms with van der Waals surface area (Å²) in [5, 5.41) is 3.03. The van der Waals surface area contributed by atoms with Crippen LogP contribution < -0.4 is 10.2 Å². The molecule has 2 amide bonds. The topological polar surface area (TPSA) is 48.5 Å². The van der Waals surface area contributed by atoms with Crippen molar-refractivity contribution in [1.29, 1.82) is 0 Å². The second kappa shape index (κ2) is 8.91. The molecule has 0 aliphatic carbocycles. The van der Waals surface area contributed by atoms with E-state index in [1.54, 1.807) is 0 Å². The molecular formula is C23H30N4O.